The van der Waals surface area contributed by atoms with Gasteiger partial charge in [0.15, 0.2) is 5.84 Å². The fraction of sp³-hybridized carbons (Fsp3) is 0.300. The Hall–Kier alpha value is -3.41. The topological polar surface area (TPSA) is 54.3 Å². The van der Waals surface area contributed by atoms with Crippen LogP contribution in [0.4, 0.5) is 0 Å². The number of carbonyl (C=O) groups excluding carboxylic acids is 1. The first-order chi connectivity index (χ1) is 16.8. The molecule has 0 aliphatic rings. The average Bonchev–Trinajstić information content (AvgIpc) is 2.82. The van der Waals surface area contributed by atoms with Crippen molar-refractivity contribution in [2.24, 2.45) is 9.98 Å². The van der Waals surface area contributed by atoms with E-state index in [0.717, 1.165) is 28.0 Å². The number of carbonyl (C=O) groups is 1. The molecule has 3 rings (SSSR count). The lowest BCUT2D eigenvalue weighted by Crippen LogP contribution is -2.23. The molecule has 5 nitrogen and oxygen atoms in total. The predicted octanol–water partition coefficient (Wildman–Crippen LogP) is 5.71. The first kappa shape index (κ1) is 26.2. The fourth-order valence-corrected chi connectivity index (χ4v) is 4.26. The molecule has 0 aliphatic heterocycles. The smallest absolute Gasteiger partial charge is 0.154 e. The minimum Gasteiger partial charge on any atom is -0.380 e. The minimum atomic E-state index is 0.154. The molecule has 0 atom stereocenters. The Morgan fingerprint density at radius 3 is 2.40 bits per heavy atom. The Balaban J connectivity index is 1.90. The number of methoxy groups -OCH3 is 1. The van der Waals surface area contributed by atoms with E-state index in [4.69, 9.17) is 9.73 Å². The van der Waals surface area contributed by atoms with Crippen LogP contribution >= 0.6 is 0 Å². The number of likely N-dealkylation sites (N-methyl/N-ethyl adjacent to an activating group) is 1. The van der Waals surface area contributed by atoms with Crippen molar-refractivity contribution in [1.29, 1.82) is 0 Å². The maximum atomic E-state index is 11.4. The summed E-state index contributed by atoms with van der Waals surface area (Å²) in [6.07, 6.45) is 0. The Labute approximate surface area is 209 Å². The quantitative estimate of drug-likeness (QED) is 0.298. The van der Waals surface area contributed by atoms with Gasteiger partial charge in [-0.2, -0.15) is 0 Å². The van der Waals surface area contributed by atoms with E-state index in [1.54, 1.807) is 21.1 Å². The van der Waals surface area contributed by atoms with Gasteiger partial charge in [0.25, 0.3) is 0 Å². The van der Waals surface area contributed by atoms with Gasteiger partial charge in [0.2, 0.25) is 0 Å². The van der Waals surface area contributed by atoms with Gasteiger partial charge in [0.05, 0.1) is 13.2 Å². The van der Waals surface area contributed by atoms with Crippen molar-refractivity contribution in [3.8, 4) is 11.1 Å². The lowest BCUT2D eigenvalue weighted by Gasteiger charge is -2.15. The lowest BCUT2D eigenvalue weighted by molar-refractivity contribution is -0.117. The zero-order chi connectivity index (χ0) is 25.4. The van der Waals surface area contributed by atoms with Crippen molar-refractivity contribution in [3.63, 3.8) is 0 Å². The molecule has 0 fully saturated rings. The van der Waals surface area contributed by atoms with Crippen LogP contribution in [0.1, 0.15) is 41.7 Å². The highest BCUT2D eigenvalue weighted by molar-refractivity contribution is 6.11. The monoisotopic (exact) mass is 469 g/mol. The normalized spacial score (nSPS) is 12.3. The van der Waals surface area contributed by atoms with E-state index in [2.05, 4.69) is 66.5 Å². The van der Waals surface area contributed by atoms with Gasteiger partial charge in [-0.1, -0.05) is 54.6 Å². The summed E-state index contributed by atoms with van der Waals surface area (Å²) in [4.78, 5) is 22.8. The van der Waals surface area contributed by atoms with Crippen LogP contribution in [0.2, 0.25) is 0 Å². The summed E-state index contributed by atoms with van der Waals surface area (Å²) >= 11 is 0. The van der Waals surface area contributed by atoms with Gasteiger partial charge >= 0.3 is 0 Å². The van der Waals surface area contributed by atoms with E-state index in [1.165, 1.54) is 16.7 Å². The van der Waals surface area contributed by atoms with Crippen LogP contribution in [0.5, 0.6) is 0 Å². The maximum absolute atomic E-state index is 11.4. The highest BCUT2D eigenvalue weighted by Gasteiger charge is 2.12. The van der Waals surface area contributed by atoms with Crippen LogP contribution in [-0.4, -0.2) is 50.0 Å². The molecule has 35 heavy (non-hydrogen) atoms. The molecule has 0 aliphatic carbocycles. The summed E-state index contributed by atoms with van der Waals surface area (Å²) in [6.45, 7) is 7.39. The Morgan fingerprint density at radius 2 is 1.71 bits per heavy atom. The van der Waals surface area contributed by atoms with Gasteiger partial charge in [-0.25, -0.2) is 4.99 Å². The van der Waals surface area contributed by atoms with Crippen LogP contribution in [0.15, 0.2) is 76.7 Å². The standard InChI is InChI=1S/C30H35N3O2/c1-21-10-7-8-13-28(21)29-15-14-25(17-27(29)20-35-6)23(3)32-30(31-4)26-12-9-11-24(16-26)19-33(5)18-22(2)34/h7-17H,18-20H2,1-6H3. The van der Waals surface area contributed by atoms with E-state index < -0.39 is 0 Å². The summed E-state index contributed by atoms with van der Waals surface area (Å²) in [7, 11) is 5.43. The van der Waals surface area contributed by atoms with Gasteiger partial charge in [0.1, 0.15) is 5.78 Å². The average molecular weight is 470 g/mol. The van der Waals surface area contributed by atoms with Crippen LogP contribution in [0, 0.1) is 6.92 Å². The van der Waals surface area contributed by atoms with E-state index in [-0.39, 0.29) is 5.78 Å². The van der Waals surface area contributed by atoms with Gasteiger partial charge < -0.3 is 4.74 Å². The number of hydrogen-bond acceptors (Lipinski definition) is 4. The first-order valence-corrected chi connectivity index (χ1v) is 11.8. The number of aryl methyl sites for hydroxylation is 1. The van der Waals surface area contributed by atoms with E-state index >= 15 is 0 Å². The SMILES string of the molecule is CN=C(N=C(C)c1ccc(-c2ccccc2C)c(COC)c1)c1cccc(CN(C)CC(C)=O)c1. The zero-order valence-corrected chi connectivity index (χ0v) is 21.6. The summed E-state index contributed by atoms with van der Waals surface area (Å²) in [5.74, 6) is 0.829. The largest absolute Gasteiger partial charge is 0.380 e. The van der Waals surface area contributed by atoms with Crippen LogP contribution in [-0.2, 0) is 22.7 Å². The Bertz CT molecular complexity index is 1240. The number of benzene rings is 3. The maximum Gasteiger partial charge on any atom is 0.154 e. The van der Waals surface area contributed by atoms with Crippen LogP contribution < -0.4 is 0 Å². The number of ketones is 1. The van der Waals surface area contributed by atoms with Crippen molar-refractivity contribution < 1.29 is 9.53 Å². The molecule has 0 saturated heterocycles. The molecule has 0 bridgehead atoms. The van der Waals surface area contributed by atoms with Crippen LogP contribution in [0.25, 0.3) is 11.1 Å². The summed E-state index contributed by atoms with van der Waals surface area (Å²) in [5.41, 5.74) is 8.73. The molecule has 0 N–H and O–H groups in total. The van der Waals surface area contributed by atoms with Crippen molar-refractivity contribution in [2.75, 3.05) is 27.7 Å². The van der Waals surface area contributed by atoms with E-state index in [1.807, 2.05) is 31.0 Å². The number of ether oxygens (including phenoxy) is 1. The molecule has 0 heterocycles. The summed E-state index contributed by atoms with van der Waals surface area (Å²) in [6, 6.07) is 23.0. The molecule has 0 aromatic heterocycles. The van der Waals surface area contributed by atoms with Gasteiger partial charge in [-0.05, 0) is 73.3 Å². The first-order valence-electron chi connectivity index (χ1n) is 11.8. The summed E-state index contributed by atoms with van der Waals surface area (Å²) in [5, 5.41) is 0. The van der Waals surface area contributed by atoms with Gasteiger partial charge in [0, 0.05) is 32.0 Å². The second kappa shape index (κ2) is 12.3. The number of nitrogens with zero attached hydrogens (tertiary/aromatic N) is 3. The second-order valence-electron chi connectivity index (χ2n) is 8.94. The van der Waals surface area contributed by atoms with Gasteiger partial charge in [-0.15, -0.1) is 0 Å². The third-order valence-corrected chi connectivity index (χ3v) is 5.87. The molecule has 3 aromatic carbocycles. The van der Waals surface area contributed by atoms with E-state index in [0.29, 0.717) is 25.5 Å². The molecular formula is C30H35N3O2. The van der Waals surface area contributed by atoms with Crippen molar-refractivity contribution in [2.45, 2.75) is 33.9 Å². The molecule has 182 valence electrons. The highest BCUT2D eigenvalue weighted by Crippen LogP contribution is 2.28. The minimum absolute atomic E-state index is 0.154. The third kappa shape index (κ3) is 7.04. The second-order valence-corrected chi connectivity index (χ2v) is 8.94. The number of rotatable bonds is 9. The molecule has 0 spiro atoms. The highest BCUT2D eigenvalue weighted by atomic mass is 16.5. The molecule has 5 heteroatoms. The number of aliphatic imine (C=N–C) groups is 2. The Morgan fingerprint density at radius 1 is 0.943 bits per heavy atom. The fourth-order valence-electron chi connectivity index (χ4n) is 4.26. The van der Waals surface area contributed by atoms with Crippen molar-refractivity contribution in [3.05, 3.63) is 94.5 Å². The van der Waals surface area contributed by atoms with Crippen molar-refractivity contribution >= 4 is 17.3 Å². The molecular weight excluding hydrogens is 434 g/mol. The molecule has 0 amide bonds. The Kier molecular flexibility index (Phi) is 9.24. The third-order valence-electron chi connectivity index (χ3n) is 5.87. The number of hydrogen-bond donors (Lipinski definition) is 0. The number of Topliss-reactive ketones (excluding diaryl/α,β-unsaturated/α-hetero) is 1. The van der Waals surface area contributed by atoms with E-state index in [9.17, 15) is 4.79 Å². The van der Waals surface area contributed by atoms with Gasteiger partial charge in [-0.3, -0.25) is 14.7 Å². The molecule has 0 radical (unpaired) electrons. The molecule has 0 unspecified atom stereocenters. The number of amidine groups is 1. The molecule has 3 aromatic rings. The van der Waals surface area contributed by atoms with Crippen LogP contribution in [0.3, 0.4) is 0 Å². The van der Waals surface area contributed by atoms with Crippen molar-refractivity contribution in [1.82, 2.24) is 4.90 Å². The molecule has 0 saturated carbocycles. The lowest BCUT2D eigenvalue weighted by atomic mass is 9.94. The zero-order valence-electron chi connectivity index (χ0n) is 21.6. The predicted molar refractivity (Wildman–Crippen MR) is 145 cm³/mol. The summed E-state index contributed by atoms with van der Waals surface area (Å²) < 4.78 is 5.52.